The molecule has 0 radical (unpaired) electrons. The lowest BCUT2D eigenvalue weighted by molar-refractivity contribution is -0.000864. The summed E-state index contributed by atoms with van der Waals surface area (Å²) in [5, 5.41) is 10.6. The number of fused-ring (bicyclic) bond motifs is 1. The zero-order valence-electron chi connectivity index (χ0n) is 13.8. The van der Waals surface area contributed by atoms with Gasteiger partial charge in [0.1, 0.15) is 5.69 Å². The Morgan fingerprint density at radius 3 is 2.57 bits per heavy atom. The van der Waals surface area contributed by atoms with Crippen LogP contribution in [0.5, 0.6) is 0 Å². The summed E-state index contributed by atoms with van der Waals surface area (Å²) < 4.78 is 1.78. The quantitative estimate of drug-likeness (QED) is 0.873. The third-order valence-corrected chi connectivity index (χ3v) is 6.04. The first-order valence-electron chi connectivity index (χ1n) is 8.81. The Bertz CT molecular complexity index is 581. The number of hydrogen-bond acceptors (Lipinski definition) is 4. The molecule has 0 bridgehead atoms. The van der Waals surface area contributed by atoms with Crippen LogP contribution in [0.3, 0.4) is 0 Å². The molecule has 1 saturated carbocycles. The number of rotatable bonds is 2. The van der Waals surface area contributed by atoms with Gasteiger partial charge in [-0.3, -0.25) is 9.69 Å². The summed E-state index contributed by atoms with van der Waals surface area (Å²) in [5.74, 6) is 1.05. The standard InChI is InChI=1S/C17H26N4O2/c1-19-11-18-8-15(19)17(23)21-9-12-6-14(20-4-2-3-5-20)16(22)7-13(12)10-21/h8,11-14,16,22H,2-7,9-10H2,1H3/t12-,13+,14-,16-/m1/s1. The first kappa shape index (κ1) is 15.1. The maximum atomic E-state index is 12.7. The van der Waals surface area contributed by atoms with Gasteiger partial charge in [0, 0.05) is 26.2 Å². The number of likely N-dealkylation sites (tertiary alicyclic amines) is 2. The second-order valence-corrected chi connectivity index (χ2v) is 7.47. The summed E-state index contributed by atoms with van der Waals surface area (Å²) in [6, 6.07) is 0.297. The van der Waals surface area contributed by atoms with Crippen molar-refractivity contribution in [3.05, 3.63) is 18.2 Å². The molecule has 0 spiro atoms. The van der Waals surface area contributed by atoms with Crippen molar-refractivity contribution in [1.82, 2.24) is 19.4 Å². The van der Waals surface area contributed by atoms with Crippen LogP contribution in [0.15, 0.2) is 12.5 Å². The molecular formula is C17H26N4O2. The SMILES string of the molecule is Cn1cncc1C(=O)N1C[C@H]2C[C@@H](N3CCCC3)[C@H](O)C[C@H]2C1. The minimum atomic E-state index is -0.235. The van der Waals surface area contributed by atoms with Crippen molar-refractivity contribution in [3.63, 3.8) is 0 Å². The Labute approximate surface area is 137 Å². The number of nitrogens with zero attached hydrogens (tertiary/aromatic N) is 4. The number of aliphatic hydroxyl groups excluding tert-OH is 1. The number of amides is 1. The predicted molar refractivity (Wildman–Crippen MR) is 85.9 cm³/mol. The van der Waals surface area contributed by atoms with E-state index in [0.717, 1.165) is 39.0 Å². The molecule has 1 aliphatic carbocycles. The van der Waals surface area contributed by atoms with Gasteiger partial charge in [0.2, 0.25) is 0 Å². The Morgan fingerprint density at radius 2 is 1.91 bits per heavy atom. The van der Waals surface area contributed by atoms with E-state index in [2.05, 4.69) is 9.88 Å². The lowest BCUT2D eigenvalue weighted by Crippen LogP contribution is -2.48. The largest absolute Gasteiger partial charge is 0.391 e. The van der Waals surface area contributed by atoms with Gasteiger partial charge in [-0.15, -0.1) is 0 Å². The Kier molecular flexibility index (Phi) is 3.89. The molecule has 126 valence electrons. The van der Waals surface area contributed by atoms with Crippen LogP contribution >= 0.6 is 0 Å². The summed E-state index contributed by atoms with van der Waals surface area (Å²) in [5.41, 5.74) is 0.653. The summed E-state index contributed by atoms with van der Waals surface area (Å²) >= 11 is 0. The molecule has 6 nitrogen and oxygen atoms in total. The van der Waals surface area contributed by atoms with Crippen LogP contribution in [0, 0.1) is 11.8 Å². The minimum Gasteiger partial charge on any atom is -0.391 e. The van der Waals surface area contributed by atoms with Crippen LogP contribution in [-0.4, -0.2) is 68.7 Å². The van der Waals surface area contributed by atoms with Gasteiger partial charge in [0.15, 0.2) is 0 Å². The lowest BCUT2D eigenvalue weighted by atomic mass is 9.77. The van der Waals surface area contributed by atoms with E-state index in [4.69, 9.17) is 0 Å². The number of aryl methyl sites for hydroxylation is 1. The van der Waals surface area contributed by atoms with Crippen molar-refractivity contribution in [2.24, 2.45) is 18.9 Å². The fourth-order valence-corrected chi connectivity index (χ4v) is 4.76. The van der Waals surface area contributed by atoms with Gasteiger partial charge in [-0.1, -0.05) is 0 Å². The minimum absolute atomic E-state index is 0.0756. The van der Waals surface area contributed by atoms with E-state index in [1.165, 1.54) is 12.8 Å². The molecule has 23 heavy (non-hydrogen) atoms. The molecule has 3 aliphatic rings. The Morgan fingerprint density at radius 1 is 1.22 bits per heavy atom. The van der Waals surface area contributed by atoms with Crippen molar-refractivity contribution in [2.45, 2.75) is 37.8 Å². The van der Waals surface area contributed by atoms with E-state index in [9.17, 15) is 9.90 Å². The van der Waals surface area contributed by atoms with Gasteiger partial charge >= 0.3 is 0 Å². The highest BCUT2D eigenvalue weighted by atomic mass is 16.3. The molecule has 0 aromatic carbocycles. The van der Waals surface area contributed by atoms with Gasteiger partial charge in [0.05, 0.1) is 18.6 Å². The maximum absolute atomic E-state index is 12.7. The van der Waals surface area contributed by atoms with Gasteiger partial charge in [-0.05, 0) is 50.6 Å². The van der Waals surface area contributed by atoms with Crippen LogP contribution < -0.4 is 0 Å². The van der Waals surface area contributed by atoms with Gasteiger partial charge in [0.25, 0.3) is 5.91 Å². The van der Waals surface area contributed by atoms with Crippen LogP contribution in [0.2, 0.25) is 0 Å². The molecule has 2 aliphatic heterocycles. The van der Waals surface area contributed by atoms with Crippen LogP contribution in [0.4, 0.5) is 0 Å². The molecule has 1 aromatic heterocycles. The van der Waals surface area contributed by atoms with E-state index in [1.54, 1.807) is 17.1 Å². The van der Waals surface area contributed by atoms with Crippen molar-refractivity contribution < 1.29 is 9.90 Å². The highest BCUT2D eigenvalue weighted by molar-refractivity contribution is 5.92. The first-order chi connectivity index (χ1) is 11.1. The number of aliphatic hydroxyl groups is 1. The molecule has 3 heterocycles. The Hall–Kier alpha value is -1.40. The number of aromatic nitrogens is 2. The van der Waals surface area contributed by atoms with Crippen molar-refractivity contribution in [2.75, 3.05) is 26.2 Å². The summed E-state index contributed by atoms with van der Waals surface area (Å²) in [6.07, 6.45) is 7.45. The number of imidazole rings is 1. The zero-order valence-corrected chi connectivity index (χ0v) is 13.8. The van der Waals surface area contributed by atoms with Crippen molar-refractivity contribution in [1.29, 1.82) is 0 Å². The van der Waals surface area contributed by atoms with Crippen molar-refractivity contribution >= 4 is 5.91 Å². The molecule has 3 fully saturated rings. The van der Waals surface area contributed by atoms with Crippen LogP contribution in [0.1, 0.15) is 36.2 Å². The smallest absolute Gasteiger partial charge is 0.272 e. The van der Waals surface area contributed by atoms with E-state index >= 15 is 0 Å². The first-order valence-corrected chi connectivity index (χ1v) is 8.81. The number of hydrogen-bond donors (Lipinski definition) is 1. The maximum Gasteiger partial charge on any atom is 0.272 e. The normalized spacial score (nSPS) is 34.8. The molecule has 4 rings (SSSR count). The topological polar surface area (TPSA) is 61.6 Å². The third-order valence-electron chi connectivity index (χ3n) is 6.04. The second-order valence-electron chi connectivity index (χ2n) is 7.47. The average molecular weight is 318 g/mol. The average Bonchev–Trinajstić information content (AvgIpc) is 3.25. The fourth-order valence-electron chi connectivity index (χ4n) is 4.76. The molecule has 6 heteroatoms. The zero-order chi connectivity index (χ0) is 16.0. The van der Waals surface area contributed by atoms with E-state index in [1.807, 2.05) is 11.9 Å². The monoisotopic (exact) mass is 318 g/mol. The highest BCUT2D eigenvalue weighted by Gasteiger charge is 2.45. The van der Waals surface area contributed by atoms with Gasteiger partial charge in [-0.2, -0.15) is 0 Å². The molecule has 1 aromatic rings. The van der Waals surface area contributed by atoms with Crippen molar-refractivity contribution in [3.8, 4) is 0 Å². The Balaban J connectivity index is 1.45. The highest BCUT2D eigenvalue weighted by Crippen LogP contribution is 2.39. The van der Waals surface area contributed by atoms with Crippen LogP contribution in [0.25, 0.3) is 0 Å². The molecule has 1 amide bonds. The summed E-state index contributed by atoms with van der Waals surface area (Å²) in [4.78, 5) is 21.2. The third kappa shape index (κ3) is 2.68. The van der Waals surface area contributed by atoms with E-state index in [-0.39, 0.29) is 12.0 Å². The lowest BCUT2D eigenvalue weighted by Gasteiger charge is -2.40. The molecule has 4 atom stereocenters. The second kappa shape index (κ2) is 5.91. The molecule has 0 unspecified atom stereocenters. The van der Waals surface area contributed by atoms with E-state index < -0.39 is 0 Å². The van der Waals surface area contributed by atoms with Gasteiger partial charge in [-0.25, -0.2) is 4.98 Å². The molecular weight excluding hydrogens is 292 g/mol. The molecule has 2 saturated heterocycles. The predicted octanol–water partition coefficient (Wildman–Crippen LogP) is 0.727. The summed E-state index contributed by atoms with van der Waals surface area (Å²) in [6.45, 7) is 3.84. The number of carbonyl (C=O) groups excluding carboxylic acids is 1. The van der Waals surface area contributed by atoms with E-state index in [0.29, 0.717) is 23.6 Å². The fraction of sp³-hybridized carbons (Fsp3) is 0.765. The number of carbonyl (C=O) groups is 1. The molecule has 1 N–H and O–H groups in total. The van der Waals surface area contributed by atoms with Gasteiger partial charge < -0.3 is 14.6 Å². The van der Waals surface area contributed by atoms with Crippen LogP contribution in [-0.2, 0) is 7.05 Å². The summed E-state index contributed by atoms with van der Waals surface area (Å²) in [7, 11) is 1.86.